The van der Waals surface area contributed by atoms with Crippen LogP contribution in [0.15, 0.2) is 24.3 Å². The summed E-state index contributed by atoms with van der Waals surface area (Å²) >= 11 is 8.23. The summed E-state index contributed by atoms with van der Waals surface area (Å²) in [4.78, 5) is 0. The van der Waals surface area contributed by atoms with E-state index in [2.05, 4.69) is 42.2 Å². The van der Waals surface area contributed by atoms with Crippen LogP contribution in [-0.4, -0.2) is 18.1 Å². The van der Waals surface area contributed by atoms with Gasteiger partial charge in [-0.15, -0.1) is 0 Å². The molecule has 0 aliphatic carbocycles. The summed E-state index contributed by atoms with van der Waals surface area (Å²) in [5.41, 5.74) is 1.35. The molecule has 1 aromatic carbocycles. The lowest BCUT2D eigenvalue weighted by Gasteiger charge is -2.27. The first-order valence-electron chi connectivity index (χ1n) is 7.36. The van der Waals surface area contributed by atoms with Gasteiger partial charge in [0.2, 0.25) is 0 Å². The normalized spacial score (nSPS) is 18.4. The first kappa shape index (κ1) is 15.2. The predicted molar refractivity (Wildman–Crippen MR) is 87.2 cm³/mol. The smallest absolute Gasteiger partial charge is 0.0409 e. The maximum atomic E-state index is 6.13. The Bertz CT molecular complexity index is 377. The third kappa shape index (κ3) is 5.02. The van der Waals surface area contributed by atoms with E-state index in [0.29, 0.717) is 6.04 Å². The van der Waals surface area contributed by atoms with Crippen LogP contribution in [0.3, 0.4) is 0 Å². The van der Waals surface area contributed by atoms with Crippen molar-refractivity contribution in [3.8, 4) is 0 Å². The average molecular weight is 298 g/mol. The van der Waals surface area contributed by atoms with Crippen LogP contribution in [0.2, 0.25) is 5.02 Å². The molecule has 0 spiro atoms. The van der Waals surface area contributed by atoms with Crippen molar-refractivity contribution in [2.24, 2.45) is 5.92 Å². The maximum Gasteiger partial charge on any atom is 0.0409 e. The first-order valence-corrected chi connectivity index (χ1v) is 8.89. The minimum absolute atomic E-state index is 0.465. The zero-order valence-corrected chi connectivity index (χ0v) is 13.3. The van der Waals surface area contributed by atoms with Gasteiger partial charge in [0.05, 0.1) is 0 Å². The van der Waals surface area contributed by atoms with E-state index in [1.807, 2.05) is 6.07 Å². The van der Waals surface area contributed by atoms with Crippen molar-refractivity contribution in [3.05, 3.63) is 34.9 Å². The summed E-state index contributed by atoms with van der Waals surface area (Å²) in [6.07, 6.45) is 5.17. The van der Waals surface area contributed by atoms with Gasteiger partial charge < -0.3 is 5.32 Å². The number of hydrogen-bond acceptors (Lipinski definition) is 2. The van der Waals surface area contributed by atoms with Crippen LogP contribution >= 0.6 is 23.4 Å². The van der Waals surface area contributed by atoms with Crippen LogP contribution in [0.4, 0.5) is 0 Å². The molecule has 1 saturated heterocycles. The van der Waals surface area contributed by atoms with Gasteiger partial charge in [0, 0.05) is 11.1 Å². The molecule has 1 unspecified atom stereocenters. The minimum atomic E-state index is 0.465. The second kappa shape index (κ2) is 8.18. The topological polar surface area (TPSA) is 12.0 Å². The van der Waals surface area contributed by atoms with E-state index < -0.39 is 0 Å². The molecule has 1 heterocycles. The molecule has 2 rings (SSSR count). The maximum absolute atomic E-state index is 6.13. The first-order chi connectivity index (χ1) is 9.29. The Morgan fingerprint density at radius 2 is 2.16 bits per heavy atom. The molecule has 0 radical (unpaired) electrons. The van der Waals surface area contributed by atoms with Gasteiger partial charge in [0.15, 0.2) is 0 Å². The third-order valence-electron chi connectivity index (χ3n) is 3.80. The molecule has 1 aliphatic heterocycles. The highest BCUT2D eigenvalue weighted by molar-refractivity contribution is 7.99. The Hall–Kier alpha value is -0.180. The number of nitrogens with one attached hydrogen (secondary N) is 1. The quantitative estimate of drug-likeness (QED) is 0.800. The highest BCUT2D eigenvalue weighted by Gasteiger charge is 2.20. The Kier molecular flexibility index (Phi) is 6.55. The minimum Gasteiger partial charge on any atom is -0.310 e. The zero-order chi connectivity index (χ0) is 13.5. The van der Waals surface area contributed by atoms with Gasteiger partial charge in [-0.1, -0.05) is 30.7 Å². The van der Waals surface area contributed by atoms with Crippen molar-refractivity contribution in [1.29, 1.82) is 0 Å². The molecule has 1 aliphatic rings. The van der Waals surface area contributed by atoms with E-state index in [9.17, 15) is 0 Å². The fourth-order valence-electron chi connectivity index (χ4n) is 2.69. The lowest BCUT2D eigenvalue weighted by atomic mass is 9.90. The summed E-state index contributed by atoms with van der Waals surface area (Å²) < 4.78 is 0. The highest BCUT2D eigenvalue weighted by Crippen LogP contribution is 2.31. The molecule has 0 saturated carbocycles. The van der Waals surface area contributed by atoms with Crippen molar-refractivity contribution < 1.29 is 0 Å². The molecule has 0 aromatic heterocycles. The summed E-state index contributed by atoms with van der Waals surface area (Å²) in [7, 11) is 0. The van der Waals surface area contributed by atoms with Gasteiger partial charge >= 0.3 is 0 Å². The summed E-state index contributed by atoms with van der Waals surface area (Å²) in [5, 5.41) is 4.54. The van der Waals surface area contributed by atoms with Gasteiger partial charge in [-0.2, -0.15) is 11.8 Å². The van der Waals surface area contributed by atoms with Crippen LogP contribution in [0, 0.1) is 5.92 Å². The fraction of sp³-hybridized carbons (Fsp3) is 0.625. The average Bonchev–Trinajstić information content (AvgIpc) is 2.44. The van der Waals surface area contributed by atoms with Crippen LogP contribution in [0.25, 0.3) is 0 Å². The van der Waals surface area contributed by atoms with Crippen LogP contribution < -0.4 is 5.32 Å². The van der Waals surface area contributed by atoms with Crippen LogP contribution in [0.1, 0.15) is 44.2 Å². The van der Waals surface area contributed by atoms with E-state index in [-0.39, 0.29) is 0 Å². The van der Waals surface area contributed by atoms with E-state index >= 15 is 0 Å². The number of rotatable bonds is 6. The van der Waals surface area contributed by atoms with Crippen LogP contribution in [-0.2, 0) is 0 Å². The molecule has 1 aromatic rings. The molecule has 0 bridgehead atoms. The standard InChI is InChI=1S/C16H24ClNS/c1-2-8-18-16(11-13-6-9-19-10-7-13)14-4-3-5-15(17)12-14/h3-5,12-13,16,18H,2,6-11H2,1H3. The Morgan fingerprint density at radius 3 is 2.84 bits per heavy atom. The molecule has 0 amide bonds. The second-order valence-electron chi connectivity index (χ2n) is 5.35. The van der Waals surface area contributed by atoms with Gasteiger partial charge in [-0.05, 0) is 67.3 Å². The predicted octanol–water partition coefficient (Wildman–Crippen LogP) is 4.91. The summed E-state index contributed by atoms with van der Waals surface area (Å²) in [5.74, 6) is 3.54. The highest BCUT2D eigenvalue weighted by atomic mass is 35.5. The van der Waals surface area contributed by atoms with Crippen molar-refractivity contribution in [2.45, 2.75) is 38.6 Å². The molecular weight excluding hydrogens is 274 g/mol. The molecule has 1 fully saturated rings. The second-order valence-corrected chi connectivity index (χ2v) is 7.01. The van der Waals surface area contributed by atoms with Gasteiger partial charge in [0.1, 0.15) is 0 Å². The van der Waals surface area contributed by atoms with Crippen LogP contribution in [0.5, 0.6) is 0 Å². The van der Waals surface area contributed by atoms with E-state index in [4.69, 9.17) is 11.6 Å². The third-order valence-corrected chi connectivity index (χ3v) is 5.09. The number of halogens is 1. The summed E-state index contributed by atoms with van der Waals surface area (Å²) in [6.45, 7) is 3.30. The van der Waals surface area contributed by atoms with E-state index in [1.165, 1.54) is 42.8 Å². The van der Waals surface area contributed by atoms with Gasteiger partial charge in [-0.25, -0.2) is 0 Å². The zero-order valence-electron chi connectivity index (χ0n) is 11.7. The molecule has 1 N–H and O–H groups in total. The van der Waals surface area contributed by atoms with E-state index in [1.54, 1.807) is 0 Å². The van der Waals surface area contributed by atoms with Crippen molar-refractivity contribution in [3.63, 3.8) is 0 Å². The lowest BCUT2D eigenvalue weighted by Crippen LogP contribution is -2.25. The van der Waals surface area contributed by atoms with Crippen molar-refractivity contribution in [1.82, 2.24) is 5.32 Å². The van der Waals surface area contributed by atoms with E-state index in [0.717, 1.165) is 17.5 Å². The lowest BCUT2D eigenvalue weighted by molar-refractivity contribution is 0.370. The molecule has 3 heteroatoms. The molecule has 1 atom stereocenters. The monoisotopic (exact) mass is 297 g/mol. The number of hydrogen-bond donors (Lipinski definition) is 1. The SMILES string of the molecule is CCCNC(CC1CCSCC1)c1cccc(Cl)c1. The fourth-order valence-corrected chi connectivity index (χ4v) is 4.10. The Morgan fingerprint density at radius 1 is 1.37 bits per heavy atom. The molecule has 19 heavy (non-hydrogen) atoms. The van der Waals surface area contributed by atoms with Gasteiger partial charge in [-0.3, -0.25) is 0 Å². The number of thioether (sulfide) groups is 1. The molecular formula is C16H24ClNS. The largest absolute Gasteiger partial charge is 0.310 e. The molecule has 1 nitrogen and oxygen atoms in total. The Labute approximate surface area is 126 Å². The van der Waals surface area contributed by atoms with Crippen molar-refractivity contribution in [2.75, 3.05) is 18.1 Å². The number of benzene rings is 1. The Balaban J connectivity index is 2.01. The summed E-state index contributed by atoms with van der Waals surface area (Å²) in [6, 6.07) is 8.81. The van der Waals surface area contributed by atoms with Gasteiger partial charge in [0.25, 0.3) is 0 Å². The molecule has 106 valence electrons. The van der Waals surface area contributed by atoms with Crippen molar-refractivity contribution >= 4 is 23.4 Å².